The second-order valence-corrected chi connectivity index (χ2v) is 9.40. The van der Waals surface area contributed by atoms with Crippen LogP contribution in [0.4, 0.5) is 0 Å². The van der Waals surface area contributed by atoms with Crippen LogP contribution in [-0.2, 0) is 12.3 Å². The number of nitrogens with zero attached hydrogens (tertiary/aromatic N) is 5. The van der Waals surface area contributed by atoms with Crippen LogP contribution in [0.5, 0.6) is 0 Å². The monoisotopic (exact) mass is 449 g/mol. The standard InChI is InChI=1S/C24H27N5S2/c1-4-21(28(2)3)22-26-27-24(29(22)15-18-11-7-5-8-12-18)31-17-20-16-30-23(25-20)19-13-9-6-10-14-19/h5-14,16,21H,4,15,17H2,1-3H3/t21-/m1/s1. The Labute approximate surface area is 192 Å². The molecule has 2 heterocycles. The predicted molar refractivity (Wildman–Crippen MR) is 129 cm³/mol. The van der Waals surface area contributed by atoms with Crippen LogP contribution >= 0.6 is 23.1 Å². The summed E-state index contributed by atoms with van der Waals surface area (Å²) in [5.74, 6) is 1.79. The number of benzene rings is 2. The van der Waals surface area contributed by atoms with E-state index in [9.17, 15) is 0 Å². The maximum Gasteiger partial charge on any atom is 0.191 e. The fourth-order valence-electron chi connectivity index (χ4n) is 3.57. The Morgan fingerprint density at radius 2 is 1.71 bits per heavy atom. The highest BCUT2D eigenvalue weighted by atomic mass is 32.2. The van der Waals surface area contributed by atoms with Gasteiger partial charge in [0.1, 0.15) is 5.01 Å². The van der Waals surface area contributed by atoms with Crippen molar-refractivity contribution in [2.45, 2.75) is 36.8 Å². The topological polar surface area (TPSA) is 46.8 Å². The van der Waals surface area contributed by atoms with Gasteiger partial charge in [0, 0.05) is 16.7 Å². The maximum atomic E-state index is 4.83. The van der Waals surface area contributed by atoms with Crippen LogP contribution in [0, 0.1) is 0 Å². The van der Waals surface area contributed by atoms with Crippen molar-refractivity contribution in [1.82, 2.24) is 24.6 Å². The third kappa shape index (κ3) is 5.23. The van der Waals surface area contributed by atoms with Crippen molar-refractivity contribution in [2.75, 3.05) is 14.1 Å². The molecule has 0 fully saturated rings. The van der Waals surface area contributed by atoms with E-state index < -0.39 is 0 Å². The highest BCUT2D eigenvalue weighted by molar-refractivity contribution is 7.98. The first-order valence-corrected chi connectivity index (χ1v) is 12.3. The van der Waals surface area contributed by atoms with Gasteiger partial charge in [0.15, 0.2) is 11.0 Å². The summed E-state index contributed by atoms with van der Waals surface area (Å²) >= 11 is 3.39. The Bertz CT molecular complexity index is 1090. The van der Waals surface area contributed by atoms with Crippen LogP contribution < -0.4 is 0 Å². The van der Waals surface area contributed by atoms with Crippen LogP contribution in [-0.4, -0.2) is 38.7 Å². The van der Waals surface area contributed by atoms with Crippen molar-refractivity contribution in [1.29, 1.82) is 0 Å². The number of thioether (sulfide) groups is 1. The third-order valence-electron chi connectivity index (χ3n) is 5.16. The van der Waals surface area contributed by atoms with Gasteiger partial charge in [-0.3, -0.25) is 4.90 Å². The molecular formula is C24H27N5S2. The van der Waals surface area contributed by atoms with Crippen molar-refractivity contribution >= 4 is 23.1 Å². The summed E-state index contributed by atoms with van der Waals surface area (Å²) < 4.78 is 2.26. The van der Waals surface area contributed by atoms with Crippen LogP contribution in [0.2, 0.25) is 0 Å². The van der Waals surface area contributed by atoms with Crippen LogP contribution in [0.1, 0.15) is 36.5 Å². The van der Waals surface area contributed by atoms with Crippen molar-refractivity contribution in [3.63, 3.8) is 0 Å². The van der Waals surface area contributed by atoms with E-state index in [1.165, 1.54) is 5.56 Å². The molecule has 0 unspecified atom stereocenters. The highest BCUT2D eigenvalue weighted by Gasteiger charge is 2.22. The van der Waals surface area contributed by atoms with Gasteiger partial charge in [0.2, 0.25) is 0 Å². The molecule has 4 rings (SSSR count). The van der Waals surface area contributed by atoms with Gasteiger partial charge >= 0.3 is 0 Å². The highest BCUT2D eigenvalue weighted by Crippen LogP contribution is 2.30. The quantitative estimate of drug-likeness (QED) is 0.304. The first-order valence-electron chi connectivity index (χ1n) is 10.4. The average molecular weight is 450 g/mol. The molecule has 0 saturated carbocycles. The second-order valence-electron chi connectivity index (χ2n) is 7.60. The minimum atomic E-state index is 0.231. The molecule has 0 aliphatic carbocycles. The van der Waals surface area contributed by atoms with Crippen LogP contribution in [0.3, 0.4) is 0 Å². The summed E-state index contributed by atoms with van der Waals surface area (Å²) in [5.41, 5.74) is 3.48. The Hall–Kier alpha value is -2.48. The lowest BCUT2D eigenvalue weighted by Gasteiger charge is -2.23. The van der Waals surface area contributed by atoms with E-state index in [0.717, 1.165) is 46.0 Å². The van der Waals surface area contributed by atoms with E-state index >= 15 is 0 Å². The fraction of sp³-hybridized carbons (Fsp3) is 0.292. The summed E-state index contributed by atoms with van der Waals surface area (Å²) in [6, 6.07) is 21.1. The Morgan fingerprint density at radius 1 is 1.00 bits per heavy atom. The molecule has 2 aromatic carbocycles. The van der Waals surface area contributed by atoms with Crippen LogP contribution in [0.15, 0.2) is 71.2 Å². The Kier molecular flexibility index (Phi) is 7.17. The van der Waals surface area contributed by atoms with Gasteiger partial charge in [0.05, 0.1) is 18.3 Å². The molecule has 7 heteroatoms. The lowest BCUT2D eigenvalue weighted by Crippen LogP contribution is -2.23. The zero-order valence-corrected chi connectivity index (χ0v) is 19.7. The zero-order chi connectivity index (χ0) is 21.6. The van der Waals surface area contributed by atoms with Gasteiger partial charge in [-0.25, -0.2) is 4.98 Å². The van der Waals surface area contributed by atoms with Gasteiger partial charge in [-0.1, -0.05) is 79.3 Å². The van der Waals surface area contributed by atoms with Crippen molar-refractivity contribution in [2.24, 2.45) is 0 Å². The lowest BCUT2D eigenvalue weighted by atomic mass is 10.2. The number of hydrogen-bond acceptors (Lipinski definition) is 6. The predicted octanol–water partition coefficient (Wildman–Crippen LogP) is 5.75. The van der Waals surface area contributed by atoms with E-state index in [0.29, 0.717) is 0 Å². The summed E-state index contributed by atoms with van der Waals surface area (Å²) in [7, 11) is 4.20. The average Bonchev–Trinajstić information content (AvgIpc) is 3.42. The summed E-state index contributed by atoms with van der Waals surface area (Å²) in [6.07, 6.45) is 0.983. The number of rotatable bonds is 9. The normalized spacial score (nSPS) is 12.4. The van der Waals surface area contributed by atoms with E-state index in [-0.39, 0.29) is 6.04 Å². The van der Waals surface area contributed by atoms with Gasteiger partial charge < -0.3 is 4.57 Å². The third-order valence-corrected chi connectivity index (χ3v) is 7.10. The molecule has 5 nitrogen and oxygen atoms in total. The second kappa shape index (κ2) is 10.2. The van der Waals surface area contributed by atoms with E-state index in [2.05, 4.69) is 82.5 Å². The molecular weight excluding hydrogens is 422 g/mol. The minimum Gasteiger partial charge on any atom is -0.300 e. The smallest absolute Gasteiger partial charge is 0.191 e. The van der Waals surface area contributed by atoms with Gasteiger partial charge in [0.25, 0.3) is 0 Å². The summed E-state index contributed by atoms with van der Waals surface area (Å²) in [6.45, 7) is 2.96. The zero-order valence-electron chi connectivity index (χ0n) is 18.1. The van der Waals surface area contributed by atoms with Gasteiger partial charge in [-0.05, 0) is 26.1 Å². The summed E-state index contributed by atoms with van der Waals surface area (Å²) in [4.78, 5) is 7.04. The van der Waals surface area contributed by atoms with Crippen LogP contribution in [0.25, 0.3) is 10.6 Å². The van der Waals surface area contributed by atoms with E-state index in [1.807, 2.05) is 24.3 Å². The van der Waals surface area contributed by atoms with Crippen molar-refractivity contribution in [3.8, 4) is 10.6 Å². The van der Waals surface area contributed by atoms with Crippen molar-refractivity contribution < 1.29 is 0 Å². The molecule has 4 aromatic rings. The fourth-order valence-corrected chi connectivity index (χ4v) is 5.34. The van der Waals surface area contributed by atoms with Gasteiger partial charge in [-0.15, -0.1) is 21.5 Å². The number of hydrogen-bond donors (Lipinski definition) is 0. The SMILES string of the molecule is CC[C@H](c1nnc(SCc2csc(-c3ccccc3)n2)n1Cc1ccccc1)N(C)C. The molecule has 0 aliphatic heterocycles. The molecule has 0 bridgehead atoms. The largest absolute Gasteiger partial charge is 0.300 e. The molecule has 1 atom stereocenters. The molecule has 0 aliphatic rings. The molecule has 0 N–H and O–H groups in total. The number of thiazole rings is 1. The van der Waals surface area contributed by atoms with Gasteiger partial charge in [-0.2, -0.15) is 0 Å². The Balaban J connectivity index is 1.56. The first-order chi connectivity index (χ1) is 15.2. The van der Waals surface area contributed by atoms with E-state index in [1.54, 1.807) is 23.1 Å². The molecule has 160 valence electrons. The lowest BCUT2D eigenvalue weighted by molar-refractivity contribution is 0.272. The van der Waals surface area contributed by atoms with Crippen molar-refractivity contribution in [3.05, 3.63) is 83.1 Å². The molecule has 0 amide bonds. The molecule has 0 radical (unpaired) electrons. The minimum absolute atomic E-state index is 0.231. The number of aromatic nitrogens is 4. The Morgan fingerprint density at radius 3 is 2.39 bits per heavy atom. The molecule has 2 aromatic heterocycles. The molecule has 0 spiro atoms. The first kappa shape index (κ1) is 21.7. The van der Waals surface area contributed by atoms with E-state index in [4.69, 9.17) is 4.98 Å². The summed E-state index contributed by atoms with van der Waals surface area (Å²) in [5, 5.41) is 13.3. The molecule has 31 heavy (non-hydrogen) atoms. The molecule has 0 saturated heterocycles. The maximum absolute atomic E-state index is 4.83.